The summed E-state index contributed by atoms with van der Waals surface area (Å²) < 4.78 is 16.3. The van der Waals surface area contributed by atoms with Gasteiger partial charge in [0, 0.05) is 27.7 Å². The van der Waals surface area contributed by atoms with Crippen LogP contribution in [0.2, 0.25) is 5.02 Å². The van der Waals surface area contributed by atoms with Gasteiger partial charge in [-0.2, -0.15) is 15.1 Å². The van der Waals surface area contributed by atoms with Gasteiger partial charge in [0.2, 0.25) is 5.17 Å². The van der Waals surface area contributed by atoms with E-state index in [1.807, 2.05) is 44.2 Å². The molecule has 5 rings (SSSR count). The second-order valence-corrected chi connectivity index (χ2v) is 8.94. The van der Waals surface area contributed by atoms with E-state index in [2.05, 4.69) is 14.7 Å². The standard InChI is InChI=1S/C24H17ClFN5OS/c1-13-11-15(14(2)30(13)17-9-7-16(25)8-10-17)12-19-21(27)31-24(28-22(19)32)33-23(29-31)18-5-3-4-6-20(18)26/h3-12,27H,1-2H3/b19-12+,27-21?. The maximum absolute atomic E-state index is 14.2. The number of hydrazone groups is 1. The average Bonchev–Trinajstić information content (AvgIpc) is 3.33. The van der Waals surface area contributed by atoms with Crippen molar-refractivity contribution in [1.29, 1.82) is 5.41 Å². The van der Waals surface area contributed by atoms with Crippen molar-refractivity contribution in [3.05, 3.63) is 93.5 Å². The van der Waals surface area contributed by atoms with Gasteiger partial charge in [-0.1, -0.05) is 23.7 Å². The second kappa shape index (κ2) is 8.13. The van der Waals surface area contributed by atoms with Gasteiger partial charge in [0.25, 0.3) is 5.91 Å². The summed E-state index contributed by atoms with van der Waals surface area (Å²) in [7, 11) is 0. The van der Waals surface area contributed by atoms with E-state index in [1.165, 1.54) is 11.1 Å². The van der Waals surface area contributed by atoms with Crippen LogP contribution in [0.15, 0.2) is 70.3 Å². The lowest BCUT2D eigenvalue weighted by Gasteiger charge is -2.20. The fraction of sp³-hybridized carbons (Fsp3) is 0.0833. The van der Waals surface area contributed by atoms with E-state index in [0.717, 1.165) is 34.4 Å². The highest BCUT2D eigenvalue weighted by molar-refractivity contribution is 8.27. The predicted molar refractivity (Wildman–Crippen MR) is 131 cm³/mol. The Kier molecular flexibility index (Phi) is 5.26. The Hall–Kier alpha value is -3.49. The van der Waals surface area contributed by atoms with Crippen molar-refractivity contribution in [2.75, 3.05) is 0 Å². The molecule has 2 aliphatic heterocycles. The molecule has 0 saturated heterocycles. The number of halogens is 2. The maximum atomic E-state index is 14.2. The summed E-state index contributed by atoms with van der Waals surface area (Å²) in [6.45, 7) is 3.91. The molecule has 2 aromatic carbocycles. The Balaban J connectivity index is 1.52. The van der Waals surface area contributed by atoms with Gasteiger partial charge >= 0.3 is 0 Å². The van der Waals surface area contributed by atoms with Crippen LogP contribution >= 0.6 is 23.4 Å². The molecule has 1 N–H and O–H groups in total. The molecule has 0 unspecified atom stereocenters. The van der Waals surface area contributed by atoms with E-state index in [-0.39, 0.29) is 16.6 Å². The lowest BCUT2D eigenvalue weighted by atomic mass is 10.1. The topological polar surface area (TPSA) is 73.8 Å². The van der Waals surface area contributed by atoms with E-state index in [0.29, 0.717) is 15.6 Å². The fourth-order valence-electron chi connectivity index (χ4n) is 3.81. The van der Waals surface area contributed by atoms with Gasteiger partial charge in [-0.05, 0) is 79.7 Å². The minimum atomic E-state index is -0.528. The molecule has 3 heterocycles. The van der Waals surface area contributed by atoms with Crippen LogP contribution in [0.5, 0.6) is 0 Å². The highest BCUT2D eigenvalue weighted by Gasteiger charge is 2.36. The SMILES string of the molecule is Cc1cc(/C=C2\C(=N)N3N=C(c4ccccc4F)SC3=NC2=O)c(C)n1-c1ccc(Cl)cc1. The largest absolute Gasteiger partial charge is 0.318 e. The van der Waals surface area contributed by atoms with Gasteiger partial charge in [0.1, 0.15) is 10.9 Å². The Morgan fingerprint density at radius 2 is 1.85 bits per heavy atom. The summed E-state index contributed by atoms with van der Waals surface area (Å²) in [6, 6.07) is 15.7. The third kappa shape index (κ3) is 3.71. The van der Waals surface area contributed by atoms with Gasteiger partial charge < -0.3 is 4.57 Å². The van der Waals surface area contributed by atoms with E-state index >= 15 is 0 Å². The number of aromatic nitrogens is 1. The molecule has 1 aromatic heterocycles. The van der Waals surface area contributed by atoms with Crippen molar-refractivity contribution < 1.29 is 9.18 Å². The van der Waals surface area contributed by atoms with Crippen LogP contribution in [0.3, 0.4) is 0 Å². The lowest BCUT2D eigenvalue weighted by Crippen LogP contribution is -2.35. The van der Waals surface area contributed by atoms with Crippen LogP contribution in [0.4, 0.5) is 4.39 Å². The molecule has 0 fully saturated rings. The number of nitrogens with zero attached hydrogens (tertiary/aromatic N) is 4. The van der Waals surface area contributed by atoms with Crippen LogP contribution in [0.25, 0.3) is 11.8 Å². The number of aliphatic imine (C=N–C) groups is 1. The first-order chi connectivity index (χ1) is 15.8. The van der Waals surface area contributed by atoms with Crippen molar-refractivity contribution in [3.63, 3.8) is 0 Å². The highest BCUT2D eigenvalue weighted by Crippen LogP contribution is 2.32. The smallest absolute Gasteiger partial charge is 0.283 e. The molecular formula is C24H17ClFN5OS. The van der Waals surface area contributed by atoms with Crippen LogP contribution < -0.4 is 0 Å². The van der Waals surface area contributed by atoms with E-state index in [9.17, 15) is 9.18 Å². The Bertz CT molecular complexity index is 1420. The lowest BCUT2D eigenvalue weighted by molar-refractivity contribution is -0.114. The van der Waals surface area contributed by atoms with Gasteiger partial charge in [0.15, 0.2) is 5.84 Å². The number of hydrogen-bond donors (Lipinski definition) is 1. The first kappa shape index (κ1) is 21.4. The number of nitrogens with one attached hydrogen (secondary N) is 1. The minimum absolute atomic E-state index is 0.0971. The van der Waals surface area contributed by atoms with Crippen LogP contribution in [0.1, 0.15) is 22.5 Å². The zero-order valence-electron chi connectivity index (χ0n) is 17.6. The Labute approximate surface area is 198 Å². The summed E-state index contributed by atoms with van der Waals surface area (Å²) in [5, 5.41) is 15.5. The normalized spacial score (nSPS) is 16.8. The quantitative estimate of drug-likeness (QED) is 0.502. The van der Waals surface area contributed by atoms with Crippen LogP contribution in [-0.2, 0) is 4.79 Å². The first-order valence-corrected chi connectivity index (χ1v) is 11.2. The molecular weight excluding hydrogens is 461 g/mol. The summed E-state index contributed by atoms with van der Waals surface area (Å²) in [4.78, 5) is 16.9. The molecule has 0 aliphatic carbocycles. The van der Waals surface area contributed by atoms with E-state index in [1.54, 1.807) is 24.3 Å². The summed E-state index contributed by atoms with van der Waals surface area (Å²) in [5.41, 5.74) is 4.03. The number of hydrogen-bond acceptors (Lipinski definition) is 4. The molecule has 2 aliphatic rings. The molecule has 0 atom stereocenters. The third-order valence-corrected chi connectivity index (χ3v) is 6.61. The molecule has 6 nitrogen and oxygen atoms in total. The number of amides is 1. The molecule has 0 radical (unpaired) electrons. The molecule has 3 aromatic rings. The number of carbonyl (C=O) groups is 1. The molecule has 0 bridgehead atoms. The Morgan fingerprint density at radius 1 is 1.12 bits per heavy atom. The zero-order valence-corrected chi connectivity index (χ0v) is 19.2. The van der Waals surface area contributed by atoms with Gasteiger partial charge in [0.05, 0.1) is 5.57 Å². The molecule has 33 heavy (non-hydrogen) atoms. The van der Waals surface area contributed by atoms with Crippen molar-refractivity contribution in [3.8, 4) is 5.69 Å². The number of thioether (sulfide) groups is 1. The van der Waals surface area contributed by atoms with E-state index < -0.39 is 11.7 Å². The molecule has 1 amide bonds. The average molecular weight is 478 g/mol. The van der Waals surface area contributed by atoms with Gasteiger partial charge in [-0.25, -0.2) is 4.39 Å². The summed E-state index contributed by atoms with van der Waals surface area (Å²) in [5.74, 6) is -1.05. The molecule has 0 saturated carbocycles. The summed E-state index contributed by atoms with van der Waals surface area (Å²) in [6.07, 6.45) is 1.65. The number of benzene rings is 2. The van der Waals surface area contributed by atoms with Gasteiger partial charge in [-0.3, -0.25) is 10.2 Å². The maximum Gasteiger partial charge on any atom is 0.283 e. The number of rotatable bonds is 3. The van der Waals surface area contributed by atoms with Crippen molar-refractivity contribution >= 4 is 51.4 Å². The van der Waals surface area contributed by atoms with Crippen molar-refractivity contribution in [1.82, 2.24) is 9.58 Å². The third-order valence-electron chi connectivity index (χ3n) is 5.41. The number of carbonyl (C=O) groups excluding carboxylic acids is 1. The second-order valence-electron chi connectivity index (χ2n) is 7.54. The van der Waals surface area contributed by atoms with Crippen molar-refractivity contribution in [2.45, 2.75) is 13.8 Å². The zero-order chi connectivity index (χ0) is 23.3. The van der Waals surface area contributed by atoms with Crippen LogP contribution in [0, 0.1) is 25.1 Å². The van der Waals surface area contributed by atoms with Crippen LogP contribution in [-0.4, -0.2) is 31.5 Å². The first-order valence-electron chi connectivity index (χ1n) is 10.0. The number of aryl methyl sites for hydroxylation is 1. The molecule has 0 spiro atoms. The minimum Gasteiger partial charge on any atom is -0.318 e. The highest BCUT2D eigenvalue weighted by atomic mass is 35.5. The van der Waals surface area contributed by atoms with E-state index in [4.69, 9.17) is 17.0 Å². The van der Waals surface area contributed by atoms with Gasteiger partial charge in [-0.15, -0.1) is 0 Å². The molecule has 164 valence electrons. The monoisotopic (exact) mass is 477 g/mol. The predicted octanol–water partition coefficient (Wildman–Crippen LogP) is 5.55. The summed E-state index contributed by atoms with van der Waals surface area (Å²) >= 11 is 7.09. The number of fused-ring (bicyclic) bond motifs is 1. The number of amidine groups is 2. The Morgan fingerprint density at radius 3 is 2.58 bits per heavy atom. The van der Waals surface area contributed by atoms with Crippen molar-refractivity contribution in [2.24, 2.45) is 10.1 Å². The fourth-order valence-corrected chi connectivity index (χ4v) is 4.86. The molecule has 9 heteroatoms.